The van der Waals surface area contributed by atoms with Crippen LogP contribution in [-0.2, 0) is 19.0 Å². The molecule has 4 heteroatoms. The number of carbonyl (C=O) groups is 1. The Morgan fingerprint density at radius 3 is 2.05 bits per heavy atom. The van der Waals surface area contributed by atoms with Crippen LogP contribution in [0.25, 0.3) is 5.76 Å². The summed E-state index contributed by atoms with van der Waals surface area (Å²) in [5.41, 5.74) is 0.822. The second kappa shape index (κ2) is 5.77. The van der Waals surface area contributed by atoms with Crippen molar-refractivity contribution in [2.75, 3.05) is 0 Å². The molecule has 0 N–H and O–H groups in total. The van der Waals surface area contributed by atoms with E-state index in [1.165, 1.54) is 6.08 Å². The summed E-state index contributed by atoms with van der Waals surface area (Å²) in [6.45, 7) is 7.34. The molecular weight excluding hydrogens is 256 g/mol. The van der Waals surface area contributed by atoms with Gasteiger partial charge in [0.1, 0.15) is 5.76 Å². The molecule has 20 heavy (non-hydrogen) atoms. The van der Waals surface area contributed by atoms with Crippen LogP contribution in [0.1, 0.15) is 33.3 Å². The Morgan fingerprint density at radius 1 is 1.00 bits per heavy atom. The van der Waals surface area contributed by atoms with E-state index < -0.39 is 5.97 Å². The molecule has 0 amide bonds. The summed E-state index contributed by atoms with van der Waals surface area (Å²) in [7, 11) is 0. The predicted molar refractivity (Wildman–Crippen MR) is 75.7 cm³/mol. The van der Waals surface area contributed by atoms with Crippen molar-refractivity contribution in [1.82, 2.24) is 0 Å². The molecule has 1 aromatic rings. The van der Waals surface area contributed by atoms with Crippen LogP contribution < -0.4 is 0 Å². The van der Waals surface area contributed by atoms with Crippen LogP contribution in [0.4, 0.5) is 0 Å². The van der Waals surface area contributed by atoms with E-state index in [0.29, 0.717) is 5.76 Å². The Labute approximate surface area is 119 Å². The van der Waals surface area contributed by atoms with Gasteiger partial charge in [0, 0.05) is 11.6 Å². The van der Waals surface area contributed by atoms with Crippen molar-refractivity contribution in [3.63, 3.8) is 0 Å². The van der Waals surface area contributed by atoms with Crippen molar-refractivity contribution in [1.29, 1.82) is 0 Å². The molecule has 0 saturated carbocycles. The van der Waals surface area contributed by atoms with Crippen molar-refractivity contribution >= 4 is 11.5 Å². The van der Waals surface area contributed by atoms with Gasteiger partial charge in [-0.3, -0.25) is 4.79 Å². The van der Waals surface area contributed by atoms with Gasteiger partial charge < -0.3 is 14.2 Å². The smallest absolute Gasteiger partial charge is 0.396 e. The molecule has 0 aromatic heterocycles. The van der Waals surface area contributed by atoms with Crippen molar-refractivity contribution in [3.05, 3.63) is 42.0 Å². The van der Waals surface area contributed by atoms with E-state index in [1.807, 2.05) is 58.0 Å². The zero-order chi connectivity index (χ0) is 14.8. The highest BCUT2D eigenvalue weighted by Gasteiger charge is 2.49. The van der Waals surface area contributed by atoms with E-state index >= 15 is 0 Å². The summed E-state index contributed by atoms with van der Waals surface area (Å²) in [4.78, 5) is 12.3. The zero-order valence-electron chi connectivity index (χ0n) is 12.3. The highest BCUT2D eigenvalue weighted by atomic mass is 16.9. The summed E-state index contributed by atoms with van der Waals surface area (Å²) in [6.07, 6.45) is 1.04. The van der Waals surface area contributed by atoms with E-state index in [2.05, 4.69) is 0 Å². The highest BCUT2D eigenvalue weighted by Crippen LogP contribution is 2.35. The molecule has 0 atom stereocenters. The molecule has 1 heterocycles. The average Bonchev–Trinajstić information content (AvgIpc) is 2.66. The Kier molecular flexibility index (Phi) is 4.26. The maximum Gasteiger partial charge on any atom is 0.396 e. The lowest BCUT2D eigenvalue weighted by Crippen LogP contribution is -2.46. The van der Waals surface area contributed by atoms with E-state index in [-0.39, 0.29) is 18.0 Å². The van der Waals surface area contributed by atoms with Gasteiger partial charge >= 0.3 is 5.97 Å². The van der Waals surface area contributed by atoms with Crippen LogP contribution in [0.3, 0.4) is 0 Å². The second-order valence-electron chi connectivity index (χ2n) is 5.23. The van der Waals surface area contributed by atoms with Crippen molar-refractivity contribution < 1.29 is 19.0 Å². The van der Waals surface area contributed by atoms with Crippen molar-refractivity contribution in [3.8, 4) is 0 Å². The molecule has 0 saturated heterocycles. The average molecular weight is 276 g/mol. The van der Waals surface area contributed by atoms with Gasteiger partial charge in [0.2, 0.25) is 0 Å². The third kappa shape index (κ3) is 3.08. The van der Waals surface area contributed by atoms with Gasteiger partial charge in [-0.2, -0.15) is 0 Å². The van der Waals surface area contributed by atoms with Crippen molar-refractivity contribution in [2.45, 2.75) is 45.9 Å². The molecule has 4 nitrogen and oxygen atoms in total. The third-order valence-corrected chi connectivity index (χ3v) is 2.65. The van der Waals surface area contributed by atoms with Crippen LogP contribution in [0, 0.1) is 0 Å². The van der Waals surface area contributed by atoms with Gasteiger partial charge in [-0.15, -0.1) is 0 Å². The maximum atomic E-state index is 12.3. The summed E-state index contributed by atoms with van der Waals surface area (Å²) in [6, 6.07) is 9.43. The molecule has 0 bridgehead atoms. The van der Waals surface area contributed by atoms with Crippen LogP contribution >= 0.6 is 0 Å². The van der Waals surface area contributed by atoms with Crippen LogP contribution in [0.5, 0.6) is 0 Å². The lowest BCUT2D eigenvalue weighted by molar-refractivity contribution is -0.344. The second-order valence-corrected chi connectivity index (χ2v) is 5.23. The number of carbonyl (C=O) groups excluding carboxylic acids is 1. The lowest BCUT2D eigenvalue weighted by atomic mass is 10.2. The van der Waals surface area contributed by atoms with Gasteiger partial charge in [-0.1, -0.05) is 30.3 Å². The summed E-state index contributed by atoms with van der Waals surface area (Å²) in [5.74, 6) is -1.51. The summed E-state index contributed by atoms with van der Waals surface area (Å²) in [5, 5.41) is 0. The third-order valence-electron chi connectivity index (χ3n) is 2.65. The Hall–Kier alpha value is -1.65. The molecule has 0 fully saturated rings. The first-order valence-electron chi connectivity index (χ1n) is 6.79. The van der Waals surface area contributed by atoms with Crippen LogP contribution in [0.15, 0.2) is 36.4 Å². The normalized spacial score (nSPS) is 17.5. The number of hydrogen-bond acceptors (Lipinski definition) is 4. The molecule has 0 aliphatic carbocycles. The van der Waals surface area contributed by atoms with Gasteiger partial charge in [0.05, 0.1) is 12.2 Å². The lowest BCUT2D eigenvalue weighted by Gasteiger charge is -2.31. The Bertz CT molecular complexity index is 492. The van der Waals surface area contributed by atoms with Crippen LogP contribution in [0.2, 0.25) is 0 Å². The fourth-order valence-corrected chi connectivity index (χ4v) is 1.99. The summed E-state index contributed by atoms with van der Waals surface area (Å²) < 4.78 is 17.0. The van der Waals surface area contributed by atoms with Gasteiger partial charge in [-0.05, 0) is 27.7 Å². The standard InChI is InChI=1S/C16H20O4/c1-11(2)18-16(19-12(3)4)15(17)10-14(20-16)13-8-6-5-7-9-13/h5-12H,1-4H3. The molecule has 1 aromatic carbocycles. The highest BCUT2D eigenvalue weighted by molar-refractivity contribution is 6.03. The minimum atomic E-state index is -1.66. The number of ketones is 1. The van der Waals surface area contributed by atoms with Gasteiger partial charge in [0.25, 0.3) is 5.78 Å². The molecule has 0 radical (unpaired) electrons. The quantitative estimate of drug-likeness (QED) is 0.775. The van der Waals surface area contributed by atoms with E-state index in [1.54, 1.807) is 0 Å². The number of hydrogen-bond donors (Lipinski definition) is 0. The molecule has 1 aliphatic heterocycles. The van der Waals surface area contributed by atoms with Crippen molar-refractivity contribution in [2.24, 2.45) is 0 Å². The molecule has 2 rings (SSSR count). The molecule has 108 valence electrons. The SMILES string of the molecule is CC(C)OC1(OC(C)C)OC(c2ccccc2)=CC1=O. The van der Waals surface area contributed by atoms with Gasteiger partial charge in [0.15, 0.2) is 0 Å². The Morgan fingerprint density at radius 2 is 1.55 bits per heavy atom. The summed E-state index contributed by atoms with van der Waals surface area (Å²) >= 11 is 0. The van der Waals surface area contributed by atoms with Gasteiger partial charge in [-0.25, -0.2) is 0 Å². The first kappa shape index (κ1) is 14.8. The maximum absolute atomic E-state index is 12.3. The van der Waals surface area contributed by atoms with E-state index in [4.69, 9.17) is 14.2 Å². The topological polar surface area (TPSA) is 44.8 Å². The number of ether oxygens (including phenoxy) is 3. The zero-order valence-corrected chi connectivity index (χ0v) is 12.3. The minimum absolute atomic E-state index is 0.193. The number of rotatable bonds is 5. The predicted octanol–water partition coefficient (Wildman–Crippen LogP) is 3.13. The fourth-order valence-electron chi connectivity index (χ4n) is 1.99. The van der Waals surface area contributed by atoms with E-state index in [9.17, 15) is 4.79 Å². The molecule has 0 unspecified atom stereocenters. The first-order valence-corrected chi connectivity index (χ1v) is 6.79. The molecule has 1 aliphatic rings. The number of benzene rings is 1. The van der Waals surface area contributed by atoms with Crippen LogP contribution in [-0.4, -0.2) is 24.0 Å². The molecular formula is C16H20O4. The first-order chi connectivity index (χ1) is 9.43. The minimum Gasteiger partial charge on any atom is -0.432 e. The van der Waals surface area contributed by atoms with E-state index in [0.717, 1.165) is 5.56 Å². The largest absolute Gasteiger partial charge is 0.432 e. The molecule has 0 spiro atoms. The fraction of sp³-hybridized carbons (Fsp3) is 0.438. The Balaban J connectivity index is 2.27. The monoisotopic (exact) mass is 276 g/mol.